The van der Waals surface area contributed by atoms with E-state index in [1.807, 2.05) is 0 Å². The first-order valence-corrected chi connectivity index (χ1v) is 7.28. The maximum Gasteiger partial charge on any atom is 0.219 e. The van der Waals surface area contributed by atoms with Gasteiger partial charge in [0.1, 0.15) is 11.5 Å². The van der Waals surface area contributed by atoms with E-state index >= 15 is 0 Å². The van der Waals surface area contributed by atoms with Gasteiger partial charge in [0.05, 0.1) is 5.75 Å². The van der Waals surface area contributed by atoms with Crippen molar-refractivity contribution in [3.05, 3.63) is 11.3 Å². The third-order valence-electron chi connectivity index (χ3n) is 3.62. The summed E-state index contributed by atoms with van der Waals surface area (Å²) in [5.41, 5.74) is 0.471. The number of Topliss-reactive ketones (excluding diaryl/α,β-unsaturated/α-hetero) is 1. The van der Waals surface area contributed by atoms with Gasteiger partial charge in [-0.05, 0) is 19.3 Å². The lowest BCUT2D eigenvalue weighted by molar-refractivity contribution is -0.123. The number of hydrogen-bond donors (Lipinski definition) is 1. The van der Waals surface area contributed by atoms with Crippen molar-refractivity contribution in [3.63, 3.8) is 0 Å². The molecule has 1 aliphatic heterocycles. The van der Waals surface area contributed by atoms with Crippen LogP contribution in [0.25, 0.3) is 0 Å². The Morgan fingerprint density at radius 1 is 1.29 bits per heavy atom. The van der Waals surface area contributed by atoms with Crippen LogP contribution in [0.15, 0.2) is 11.3 Å². The minimum absolute atomic E-state index is 0.0565. The average molecular weight is 254 g/mol. The average Bonchev–Trinajstić information content (AvgIpc) is 2.67. The minimum atomic E-state index is -0.0565. The van der Waals surface area contributed by atoms with Crippen LogP contribution in [0.5, 0.6) is 0 Å². The summed E-state index contributed by atoms with van der Waals surface area (Å²) in [5.74, 6) is 1.04. The monoisotopic (exact) mass is 254 g/mol. The molecule has 4 heteroatoms. The summed E-state index contributed by atoms with van der Waals surface area (Å²) in [6, 6.07) is 0. The van der Waals surface area contributed by atoms with Gasteiger partial charge in [-0.15, -0.1) is 0 Å². The fourth-order valence-corrected chi connectivity index (χ4v) is 3.39. The smallest absolute Gasteiger partial charge is 0.219 e. The quantitative estimate of drug-likeness (QED) is 0.838. The molecule has 1 N–H and O–H groups in total. The molecule has 3 nitrogen and oxygen atoms in total. The molecule has 0 aromatic rings. The second kappa shape index (κ2) is 5.71. The first-order chi connectivity index (χ1) is 8.18. The van der Waals surface area contributed by atoms with Crippen LogP contribution in [-0.4, -0.2) is 21.8 Å². The van der Waals surface area contributed by atoms with Gasteiger partial charge >= 0.3 is 0 Å². The molecule has 1 heterocycles. The van der Waals surface area contributed by atoms with Crippen LogP contribution >= 0.6 is 11.8 Å². The van der Waals surface area contributed by atoms with Crippen molar-refractivity contribution >= 4 is 22.7 Å². The predicted octanol–water partition coefficient (Wildman–Crippen LogP) is 3.00. The topological polar surface area (TPSA) is 54.4 Å². The molecule has 1 aliphatic carbocycles. The van der Waals surface area contributed by atoms with Crippen LogP contribution in [0.3, 0.4) is 0 Å². The lowest BCUT2D eigenvalue weighted by Gasteiger charge is -2.20. The predicted molar refractivity (Wildman–Crippen MR) is 67.9 cm³/mol. The molecule has 1 fully saturated rings. The second-order valence-corrected chi connectivity index (χ2v) is 5.75. The first kappa shape index (κ1) is 12.7. The standard InChI is InChI=1S/C13H18O3S/c14-11(9-4-2-1-3-5-9)7-6-10-12(15)8-17-13(10)16/h9,15H,1-8H2. The van der Waals surface area contributed by atoms with Crippen molar-refractivity contribution < 1.29 is 14.7 Å². The maximum absolute atomic E-state index is 11.9. The van der Waals surface area contributed by atoms with E-state index in [2.05, 4.69) is 0 Å². The van der Waals surface area contributed by atoms with E-state index in [1.165, 1.54) is 6.42 Å². The van der Waals surface area contributed by atoms with Crippen LogP contribution in [0, 0.1) is 5.92 Å². The molecule has 2 aliphatic rings. The fraction of sp³-hybridized carbons (Fsp3) is 0.692. The van der Waals surface area contributed by atoms with E-state index in [0.717, 1.165) is 37.4 Å². The summed E-state index contributed by atoms with van der Waals surface area (Å²) < 4.78 is 0. The zero-order chi connectivity index (χ0) is 12.3. The fourth-order valence-electron chi connectivity index (χ4n) is 2.55. The molecule has 1 saturated carbocycles. The van der Waals surface area contributed by atoms with E-state index in [0.29, 0.717) is 24.2 Å². The highest BCUT2D eigenvalue weighted by Gasteiger charge is 2.26. The number of aliphatic hydroxyl groups is 1. The highest BCUT2D eigenvalue weighted by atomic mass is 32.2. The highest BCUT2D eigenvalue weighted by Crippen LogP contribution is 2.30. The molecule has 0 atom stereocenters. The van der Waals surface area contributed by atoms with Crippen molar-refractivity contribution in [2.24, 2.45) is 5.92 Å². The largest absolute Gasteiger partial charge is 0.511 e. The number of ketones is 1. The van der Waals surface area contributed by atoms with Crippen molar-refractivity contribution in [1.29, 1.82) is 0 Å². The maximum atomic E-state index is 11.9. The third kappa shape index (κ3) is 3.12. The van der Waals surface area contributed by atoms with E-state index in [-0.39, 0.29) is 22.6 Å². The summed E-state index contributed by atoms with van der Waals surface area (Å²) >= 11 is 1.13. The van der Waals surface area contributed by atoms with Gasteiger partial charge in [0, 0.05) is 17.9 Å². The van der Waals surface area contributed by atoms with E-state index in [4.69, 9.17) is 0 Å². The summed E-state index contributed by atoms with van der Waals surface area (Å²) in [6.07, 6.45) is 6.39. The Balaban J connectivity index is 1.83. The highest BCUT2D eigenvalue weighted by molar-refractivity contribution is 8.14. The van der Waals surface area contributed by atoms with E-state index in [9.17, 15) is 14.7 Å². The Morgan fingerprint density at radius 2 is 2.00 bits per heavy atom. The van der Waals surface area contributed by atoms with Gasteiger partial charge in [-0.1, -0.05) is 31.0 Å². The van der Waals surface area contributed by atoms with Gasteiger partial charge in [0.2, 0.25) is 5.12 Å². The van der Waals surface area contributed by atoms with Crippen LogP contribution < -0.4 is 0 Å². The van der Waals surface area contributed by atoms with Gasteiger partial charge < -0.3 is 5.11 Å². The number of carbonyl (C=O) groups is 2. The van der Waals surface area contributed by atoms with Crippen LogP contribution in [0.2, 0.25) is 0 Å². The molecule has 0 aromatic heterocycles. The zero-order valence-corrected chi connectivity index (χ0v) is 10.7. The number of aliphatic hydroxyl groups excluding tert-OH is 1. The van der Waals surface area contributed by atoms with Gasteiger partial charge in [-0.2, -0.15) is 0 Å². The molecular weight excluding hydrogens is 236 g/mol. The lowest BCUT2D eigenvalue weighted by Crippen LogP contribution is -2.17. The number of rotatable bonds is 4. The first-order valence-electron chi connectivity index (χ1n) is 6.29. The van der Waals surface area contributed by atoms with Crippen molar-refractivity contribution in [1.82, 2.24) is 0 Å². The molecule has 0 bridgehead atoms. The summed E-state index contributed by atoms with van der Waals surface area (Å²) in [7, 11) is 0. The van der Waals surface area contributed by atoms with Gasteiger partial charge in [-0.3, -0.25) is 9.59 Å². The molecule has 0 spiro atoms. The summed E-state index contributed by atoms with van der Waals surface area (Å²) in [6.45, 7) is 0. The normalized spacial score (nSPS) is 22.2. The Morgan fingerprint density at radius 3 is 2.59 bits per heavy atom. The van der Waals surface area contributed by atoms with Crippen molar-refractivity contribution in [2.45, 2.75) is 44.9 Å². The molecule has 0 radical (unpaired) electrons. The summed E-state index contributed by atoms with van der Waals surface area (Å²) in [5, 5.41) is 9.45. The van der Waals surface area contributed by atoms with E-state index in [1.54, 1.807) is 0 Å². The molecule has 2 rings (SSSR count). The van der Waals surface area contributed by atoms with Crippen molar-refractivity contribution in [2.75, 3.05) is 5.75 Å². The molecule has 0 aromatic carbocycles. The van der Waals surface area contributed by atoms with Crippen LogP contribution in [-0.2, 0) is 9.59 Å². The molecule has 0 unspecified atom stereocenters. The van der Waals surface area contributed by atoms with Gasteiger partial charge in [0.25, 0.3) is 0 Å². The molecule has 0 saturated heterocycles. The van der Waals surface area contributed by atoms with E-state index < -0.39 is 0 Å². The Labute approximate surface area is 106 Å². The van der Waals surface area contributed by atoms with Crippen LogP contribution in [0.1, 0.15) is 44.9 Å². The number of carbonyl (C=O) groups excluding carboxylic acids is 2. The molecule has 0 amide bonds. The Kier molecular flexibility index (Phi) is 4.26. The molecule has 94 valence electrons. The number of thioether (sulfide) groups is 1. The Bertz CT molecular complexity index is 354. The lowest BCUT2D eigenvalue weighted by atomic mass is 9.84. The second-order valence-electron chi connectivity index (χ2n) is 4.80. The minimum Gasteiger partial charge on any atom is -0.511 e. The summed E-state index contributed by atoms with van der Waals surface area (Å²) in [4.78, 5) is 23.4. The van der Waals surface area contributed by atoms with Gasteiger partial charge in [-0.25, -0.2) is 0 Å². The third-order valence-corrected chi connectivity index (χ3v) is 4.54. The zero-order valence-electron chi connectivity index (χ0n) is 9.91. The molecular formula is C13H18O3S. The van der Waals surface area contributed by atoms with Gasteiger partial charge in [0.15, 0.2) is 0 Å². The SMILES string of the molecule is O=C1SCC(O)=C1CCC(=O)C1CCCCC1. The van der Waals surface area contributed by atoms with Crippen molar-refractivity contribution in [3.8, 4) is 0 Å². The molecule has 17 heavy (non-hydrogen) atoms. The Hall–Kier alpha value is -0.770. The number of hydrogen-bond acceptors (Lipinski definition) is 4. The van der Waals surface area contributed by atoms with Crippen LogP contribution in [0.4, 0.5) is 0 Å².